The normalized spacial score (nSPS) is 9.22. The van der Waals surface area contributed by atoms with Crippen LogP contribution < -0.4 is 0 Å². The monoisotopic (exact) mass is 307 g/mol. The second-order valence-electron chi connectivity index (χ2n) is 2.79. The second-order valence-corrected chi connectivity index (χ2v) is 4.33. The van der Waals surface area contributed by atoms with Crippen LogP contribution in [0.4, 0.5) is 0 Å². The standard InChI is InChI=1S/C10H14NS.2CH4O.CH3.Ti/c1-9(2)12-8-5-10-3-6-11-7-4-10;2*1-2;;/h3-4,6-7,9H,1,5,8H2,2H3;2*2H,1H3;1H3;/q-1;;;-1;+2. The first-order chi connectivity index (χ1) is 7.79. The Morgan fingerprint density at radius 3 is 2.06 bits per heavy atom. The summed E-state index contributed by atoms with van der Waals surface area (Å²) in [6.07, 6.45) is 4.80. The maximum Gasteiger partial charge on any atom is 2.00 e. The van der Waals surface area contributed by atoms with Gasteiger partial charge < -0.3 is 24.6 Å². The Hall–Kier alpha value is 0.134. The van der Waals surface area contributed by atoms with Crippen molar-refractivity contribution in [1.29, 1.82) is 0 Å². The number of aromatic nitrogens is 1. The first-order valence-electron chi connectivity index (χ1n) is 5.02. The maximum atomic E-state index is 7.00. The Bertz CT molecular complexity index is 223. The van der Waals surface area contributed by atoms with Gasteiger partial charge in [0.05, 0.1) is 0 Å². The van der Waals surface area contributed by atoms with E-state index in [9.17, 15) is 0 Å². The number of nitrogens with zero attached hydrogens (tertiary/aromatic N) is 1. The fourth-order valence-electron chi connectivity index (χ4n) is 0.927. The van der Waals surface area contributed by atoms with Crippen LogP contribution >= 0.6 is 11.8 Å². The number of hydrogen-bond acceptors (Lipinski definition) is 4. The number of thioether (sulfide) groups is 1. The van der Waals surface area contributed by atoms with Gasteiger partial charge in [0.1, 0.15) is 0 Å². The minimum absolute atomic E-state index is 0. The van der Waals surface area contributed by atoms with Crippen LogP contribution in [0.15, 0.2) is 24.5 Å². The molecule has 1 heterocycles. The SMILES string of the molecule is CO.CO.[CH2-]C(C)SCCc1ccncc1.[CH3-].[Ti+2]. The fraction of sp³-hybridized carbons (Fsp3) is 0.462. The molecule has 0 saturated carbocycles. The molecule has 0 fully saturated rings. The third-order valence-electron chi connectivity index (χ3n) is 1.54. The van der Waals surface area contributed by atoms with E-state index in [1.165, 1.54) is 5.56 Å². The summed E-state index contributed by atoms with van der Waals surface area (Å²) < 4.78 is 0. The van der Waals surface area contributed by atoms with Crippen LogP contribution in [0.25, 0.3) is 0 Å². The van der Waals surface area contributed by atoms with E-state index < -0.39 is 0 Å². The molecule has 0 aliphatic carbocycles. The molecule has 1 aromatic rings. The Balaban J connectivity index is -0.000000149. The van der Waals surface area contributed by atoms with Gasteiger partial charge in [0.25, 0.3) is 0 Å². The van der Waals surface area contributed by atoms with Crippen molar-refractivity contribution in [2.45, 2.75) is 18.6 Å². The number of aryl methyl sites for hydroxylation is 1. The third kappa shape index (κ3) is 18.5. The van der Waals surface area contributed by atoms with Crippen LogP contribution in [0.5, 0.6) is 0 Å². The Morgan fingerprint density at radius 1 is 1.22 bits per heavy atom. The van der Waals surface area contributed by atoms with Crippen LogP contribution in [-0.2, 0) is 28.1 Å². The zero-order chi connectivity index (χ0) is 12.8. The smallest absolute Gasteiger partial charge is 0.400 e. The van der Waals surface area contributed by atoms with Crippen molar-refractivity contribution >= 4 is 11.8 Å². The van der Waals surface area contributed by atoms with Crippen LogP contribution in [0.2, 0.25) is 0 Å². The van der Waals surface area contributed by atoms with Gasteiger partial charge in [-0.2, -0.15) is 11.8 Å². The van der Waals surface area contributed by atoms with E-state index in [0.717, 1.165) is 26.4 Å². The van der Waals surface area contributed by atoms with Crippen molar-refractivity contribution in [2.75, 3.05) is 20.0 Å². The largest absolute Gasteiger partial charge is 2.00 e. The molecule has 2 N–H and O–H groups in total. The van der Waals surface area contributed by atoms with Gasteiger partial charge in [0, 0.05) is 26.6 Å². The predicted octanol–water partition coefficient (Wildman–Crippen LogP) is 2.24. The summed E-state index contributed by atoms with van der Waals surface area (Å²) in [6.45, 7) is 6.04. The van der Waals surface area contributed by atoms with Crippen molar-refractivity contribution < 1.29 is 31.9 Å². The van der Waals surface area contributed by atoms with Crippen molar-refractivity contribution in [2.24, 2.45) is 0 Å². The molecule has 1 unspecified atom stereocenters. The number of aliphatic hydroxyl groups excluding tert-OH is 2. The first kappa shape index (κ1) is 26.6. The molecule has 1 atom stereocenters. The summed E-state index contributed by atoms with van der Waals surface area (Å²) in [5.74, 6) is 1.15. The predicted molar refractivity (Wildman–Crippen MR) is 77.9 cm³/mol. The number of aliphatic hydroxyl groups is 2. The van der Waals surface area contributed by atoms with Crippen LogP contribution in [0, 0.1) is 14.4 Å². The van der Waals surface area contributed by atoms with E-state index in [0.29, 0.717) is 5.25 Å². The number of rotatable bonds is 4. The molecule has 0 amide bonds. The quantitative estimate of drug-likeness (QED) is 0.662. The summed E-state index contributed by atoms with van der Waals surface area (Å²) in [7, 11) is 2.00. The molecule has 0 saturated heterocycles. The summed E-state index contributed by atoms with van der Waals surface area (Å²) in [4.78, 5) is 3.97. The second kappa shape index (κ2) is 22.3. The molecule has 18 heavy (non-hydrogen) atoms. The Labute approximate surface area is 131 Å². The van der Waals surface area contributed by atoms with Gasteiger partial charge in [-0.3, -0.25) is 4.98 Å². The molecule has 1 aromatic heterocycles. The number of pyridine rings is 1. The summed E-state index contributed by atoms with van der Waals surface area (Å²) >= 11 is 1.89. The van der Waals surface area contributed by atoms with E-state index in [2.05, 4.69) is 31.0 Å². The molecule has 5 heteroatoms. The molecule has 3 nitrogen and oxygen atoms in total. The van der Waals surface area contributed by atoms with E-state index in [1.54, 1.807) is 0 Å². The third-order valence-corrected chi connectivity index (χ3v) is 2.55. The molecule has 0 bridgehead atoms. The number of hydrogen-bond donors (Lipinski definition) is 2. The average molecular weight is 307 g/mol. The van der Waals surface area contributed by atoms with E-state index in [-0.39, 0.29) is 29.1 Å². The summed E-state index contributed by atoms with van der Waals surface area (Å²) in [5.41, 5.74) is 1.36. The summed E-state index contributed by atoms with van der Waals surface area (Å²) in [6, 6.07) is 4.13. The zero-order valence-electron chi connectivity index (χ0n) is 11.8. The molecular weight excluding hydrogens is 282 g/mol. The Morgan fingerprint density at radius 2 is 1.67 bits per heavy atom. The average Bonchev–Trinajstić information content (AvgIpc) is 2.35. The zero-order valence-corrected chi connectivity index (χ0v) is 14.1. The molecule has 104 valence electrons. The van der Waals surface area contributed by atoms with E-state index in [4.69, 9.17) is 10.2 Å². The van der Waals surface area contributed by atoms with Crippen molar-refractivity contribution in [3.05, 3.63) is 44.4 Å². The summed E-state index contributed by atoms with van der Waals surface area (Å²) in [5, 5.41) is 14.5. The van der Waals surface area contributed by atoms with Crippen molar-refractivity contribution in [3.63, 3.8) is 0 Å². The molecule has 0 spiro atoms. The van der Waals surface area contributed by atoms with Crippen molar-refractivity contribution in [3.8, 4) is 0 Å². The molecule has 0 radical (unpaired) electrons. The van der Waals surface area contributed by atoms with Crippen molar-refractivity contribution in [1.82, 2.24) is 4.98 Å². The van der Waals surface area contributed by atoms with Gasteiger partial charge in [0.2, 0.25) is 0 Å². The van der Waals surface area contributed by atoms with Gasteiger partial charge in [0.15, 0.2) is 0 Å². The molecule has 0 aliphatic rings. The van der Waals surface area contributed by atoms with Gasteiger partial charge in [-0.1, -0.05) is 6.92 Å². The van der Waals surface area contributed by atoms with Gasteiger partial charge in [-0.15, -0.1) is 5.25 Å². The molecular formula is C13H25NO2STi. The van der Waals surface area contributed by atoms with E-state index >= 15 is 0 Å². The minimum atomic E-state index is 0. The van der Waals surface area contributed by atoms with Gasteiger partial charge >= 0.3 is 21.7 Å². The fourth-order valence-corrected chi connectivity index (χ4v) is 1.68. The maximum absolute atomic E-state index is 7.00. The van der Waals surface area contributed by atoms with Gasteiger partial charge in [-0.25, -0.2) is 0 Å². The van der Waals surface area contributed by atoms with Crippen LogP contribution in [-0.4, -0.2) is 40.4 Å². The van der Waals surface area contributed by atoms with Crippen LogP contribution in [0.3, 0.4) is 0 Å². The topological polar surface area (TPSA) is 53.4 Å². The van der Waals surface area contributed by atoms with Crippen LogP contribution in [0.1, 0.15) is 12.5 Å². The minimum Gasteiger partial charge on any atom is -0.400 e. The first-order valence-corrected chi connectivity index (χ1v) is 6.07. The molecule has 1 rings (SSSR count). The van der Waals surface area contributed by atoms with E-state index in [1.807, 2.05) is 24.2 Å². The van der Waals surface area contributed by atoms with Gasteiger partial charge in [-0.05, 0) is 29.9 Å². The Kier molecular flexibility index (Phi) is 33.1. The molecule has 0 aromatic carbocycles. The molecule has 0 aliphatic heterocycles.